The minimum atomic E-state index is -0.269. The molecule has 0 fully saturated rings. The van der Waals surface area contributed by atoms with Crippen LogP contribution in [0, 0.1) is 0 Å². The van der Waals surface area contributed by atoms with Crippen molar-refractivity contribution >= 4 is 17.7 Å². The predicted octanol–water partition coefficient (Wildman–Crippen LogP) is 5.36. The van der Waals surface area contributed by atoms with Crippen molar-refractivity contribution in [3.8, 4) is 5.75 Å². The second-order valence-electron chi connectivity index (χ2n) is 6.80. The molecule has 0 aliphatic carbocycles. The first-order chi connectivity index (χ1) is 12.0. The zero-order valence-electron chi connectivity index (χ0n) is 14.2. The lowest BCUT2D eigenvalue weighted by molar-refractivity contribution is 0.159. The maximum Gasteiger partial charge on any atom is 0.127 e. The van der Waals surface area contributed by atoms with E-state index in [2.05, 4.69) is 65.9 Å². The van der Waals surface area contributed by atoms with Crippen LogP contribution in [0.4, 0.5) is 0 Å². The molecule has 0 N–H and O–H groups in total. The monoisotopic (exact) mass is 350 g/mol. The van der Waals surface area contributed by atoms with Gasteiger partial charge in [-0.3, -0.25) is 0 Å². The van der Waals surface area contributed by atoms with Gasteiger partial charge in [0.25, 0.3) is 0 Å². The highest BCUT2D eigenvalue weighted by molar-refractivity contribution is 6.30. The van der Waals surface area contributed by atoms with Gasteiger partial charge in [-0.25, -0.2) is 4.98 Å². The van der Waals surface area contributed by atoms with E-state index in [1.807, 2.05) is 24.7 Å². The van der Waals surface area contributed by atoms with E-state index < -0.39 is 0 Å². The molecule has 0 bridgehead atoms. The molecular weight excluding hydrogens is 332 g/mol. The second-order valence-corrected chi connectivity index (χ2v) is 7.24. The third kappa shape index (κ3) is 3.20. The number of ether oxygens (including phenoxy) is 1. The fraction of sp³-hybridized carbons (Fsp3) is 0.190. The van der Waals surface area contributed by atoms with Gasteiger partial charge in [-0.05, 0) is 55.3 Å². The first-order valence-electron chi connectivity index (χ1n) is 8.27. The van der Waals surface area contributed by atoms with Crippen molar-refractivity contribution in [1.82, 2.24) is 9.55 Å². The Morgan fingerprint density at radius 3 is 2.56 bits per heavy atom. The molecule has 25 heavy (non-hydrogen) atoms. The van der Waals surface area contributed by atoms with Gasteiger partial charge in [0.1, 0.15) is 11.4 Å². The molecule has 4 heteroatoms. The Bertz CT molecular complexity index is 912. The minimum absolute atomic E-state index is 0.0356. The van der Waals surface area contributed by atoms with Crippen molar-refractivity contribution in [1.29, 1.82) is 0 Å². The summed E-state index contributed by atoms with van der Waals surface area (Å²) in [4.78, 5) is 4.22. The molecule has 1 aromatic heterocycles. The molecule has 3 aromatic rings. The van der Waals surface area contributed by atoms with Crippen molar-refractivity contribution < 1.29 is 4.74 Å². The first-order valence-corrected chi connectivity index (χ1v) is 8.65. The zero-order chi connectivity index (χ0) is 17.4. The lowest BCUT2D eigenvalue weighted by Gasteiger charge is -2.29. The fourth-order valence-electron chi connectivity index (χ4n) is 3.17. The van der Waals surface area contributed by atoms with Crippen LogP contribution in [0.2, 0.25) is 5.02 Å². The number of fused-ring (bicyclic) bond motifs is 1. The van der Waals surface area contributed by atoms with E-state index in [9.17, 15) is 0 Å². The molecule has 0 radical (unpaired) electrons. The minimum Gasteiger partial charge on any atom is -0.483 e. The number of hydrogen-bond acceptors (Lipinski definition) is 2. The van der Waals surface area contributed by atoms with E-state index in [0.717, 1.165) is 21.9 Å². The number of halogens is 1. The third-order valence-corrected chi connectivity index (χ3v) is 4.65. The van der Waals surface area contributed by atoms with Crippen molar-refractivity contribution in [2.75, 3.05) is 0 Å². The van der Waals surface area contributed by atoms with Crippen molar-refractivity contribution in [3.63, 3.8) is 0 Å². The quantitative estimate of drug-likeness (QED) is 0.636. The summed E-state index contributed by atoms with van der Waals surface area (Å²) in [7, 11) is 0. The molecule has 126 valence electrons. The molecule has 1 unspecified atom stereocenters. The zero-order valence-corrected chi connectivity index (χ0v) is 14.9. The summed E-state index contributed by atoms with van der Waals surface area (Å²) in [5, 5.41) is 0.733. The van der Waals surface area contributed by atoms with Gasteiger partial charge >= 0.3 is 0 Å². The third-order valence-electron chi connectivity index (χ3n) is 4.40. The highest BCUT2D eigenvalue weighted by atomic mass is 35.5. The van der Waals surface area contributed by atoms with Gasteiger partial charge < -0.3 is 9.30 Å². The van der Waals surface area contributed by atoms with Gasteiger partial charge in [-0.15, -0.1) is 0 Å². The lowest BCUT2D eigenvalue weighted by Crippen LogP contribution is -2.27. The summed E-state index contributed by atoms with van der Waals surface area (Å²) in [5.41, 5.74) is 3.15. The van der Waals surface area contributed by atoms with Gasteiger partial charge in [-0.2, -0.15) is 0 Å². The van der Waals surface area contributed by atoms with Crippen molar-refractivity contribution in [2.24, 2.45) is 0 Å². The maximum absolute atomic E-state index is 6.06. The smallest absolute Gasteiger partial charge is 0.127 e. The molecule has 2 heterocycles. The van der Waals surface area contributed by atoms with Crippen molar-refractivity contribution in [2.45, 2.75) is 25.5 Å². The molecule has 0 saturated carbocycles. The van der Waals surface area contributed by atoms with E-state index >= 15 is 0 Å². The molecular formula is C21H19ClN2O. The fourth-order valence-corrected chi connectivity index (χ4v) is 3.30. The average molecular weight is 351 g/mol. The summed E-state index contributed by atoms with van der Waals surface area (Å²) in [6.45, 7) is 4.12. The first kappa shape index (κ1) is 16.0. The molecule has 3 nitrogen and oxygen atoms in total. The molecule has 1 aliphatic heterocycles. The van der Waals surface area contributed by atoms with Gasteiger partial charge in [0.15, 0.2) is 0 Å². The van der Waals surface area contributed by atoms with Crippen LogP contribution in [0.1, 0.15) is 36.6 Å². The van der Waals surface area contributed by atoms with Crippen molar-refractivity contribution in [3.05, 3.63) is 89.0 Å². The number of rotatable bonds is 3. The largest absolute Gasteiger partial charge is 0.483 e. The Hall–Kier alpha value is -2.52. The summed E-state index contributed by atoms with van der Waals surface area (Å²) >= 11 is 6.06. The number of benzene rings is 2. The number of imidazole rings is 1. The molecule has 1 atom stereocenters. The topological polar surface area (TPSA) is 27.1 Å². The molecule has 1 aliphatic rings. The van der Waals surface area contributed by atoms with Crippen LogP contribution < -0.4 is 4.74 Å². The van der Waals surface area contributed by atoms with Crippen LogP contribution in [-0.4, -0.2) is 15.2 Å². The second kappa shape index (κ2) is 6.08. The standard InChI is InChI=1S/C21H19ClN2O/c1-21(2)10-9-16-13-17(5-8-19(16)25-21)20(24-12-11-23-14-24)15-3-6-18(22)7-4-15/h3-14,20H,1-2H3. The van der Waals surface area contributed by atoms with Crippen LogP contribution in [0.25, 0.3) is 6.08 Å². The summed E-state index contributed by atoms with van der Waals surface area (Å²) in [6.07, 6.45) is 9.85. The molecule has 0 spiro atoms. The van der Waals surface area contributed by atoms with Crippen LogP contribution >= 0.6 is 11.6 Å². The molecule has 2 aromatic carbocycles. The van der Waals surface area contributed by atoms with Crippen LogP contribution in [0.15, 0.2) is 67.3 Å². The summed E-state index contributed by atoms with van der Waals surface area (Å²) < 4.78 is 8.14. The van der Waals surface area contributed by atoms with Gasteiger partial charge in [-0.1, -0.05) is 35.9 Å². The Kier molecular flexibility index (Phi) is 3.89. The normalized spacial score (nSPS) is 16.1. The Morgan fingerprint density at radius 1 is 1.08 bits per heavy atom. The van der Waals surface area contributed by atoms with E-state index in [-0.39, 0.29) is 11.6 Å². The molecule has 0 amide bonds. The number of hydrogen-bond donors (Lipinski definition) is 0. The summed E-state index contributed by atoms with van der Waals surface area (Å²) in [6, 6.07) is 14.3. The Morgan fingerprint density at radius 2 is 1.84 bits per heavy atom. The average Bonchev–Trinajstić information content (AvgIpc) is 3.10. The maximum atomic E-state index is 6.06. The predicted molar refractivity (Wildman–Crippen MR) is 101 cm³/mol. The van der Waals surface area contributed by atoms with Gasteiger partial charge in [0, 0.05) is 23.0 Å². The van der Waals surface area contributed by atoms with E-state index in [1.54, 1.807) is 6.20 Å². The SMILES string of the molecule is CC1(C)C=Cc2cc(C(c3ccc(Cl)cc3)n3ccnc3)ccc2O1. The van der Waals surface area contributed by atoms with Crippen LogP contribution in [0.5, 0.6) is 5.75 Å². The molecule has 0 saturated heterocycles. The lowest BCUT2D eigenvalue weighted by atomic mass is 9.94. The van der Waals surface area contributed by atoms with E-state index in [4.69, 9.17) is 16.3 Å². The Balaban J connectivity index is 1.80. The highest BCUT2D eigenvalue weighted by Crippen LogP contribution is 2.35. The van der Waals surface area contributed by atoms with E-state index in [0.29, 0.717) is 0 Å². The Labute approximate surface area is 152 Å². The van der Waals surface area contributed by atoms with Crippen LogP contribution in [0.3, 0.4) is 0 Å². The summed E-state index contributed by atoms with van der Waals surface area (Å²) in [5.74, 6) is 0.914. The number of aromatic nitrogens is 2. The molecule has 4 rings (SSSR count). The highest BCUT2D eigenvalue weighted by Gasteiger charge is 2.23. The van der Waals surface area contributed by atoms with Crippen LogP contribution in [-0.2, 0) is 0 Å². The van der Waals surface area contributed by atoms with Gasteiger partial charge in [0.05, 0.1) is 12.4 Å². The number of nitrogens with zero attached hydrogens (tertiary/aromatic N) is 2. The van der Waals surface area contributed by atoms with Gasteiger partial charge in [0.2, 0.25) is 0 Å². The van der Waals surface area contributed by atoms with E-state index in [1.165, 1.54) is 5.56 Å².